The Morgan fingerprint density at radius 1 is 1.31 bits per heavy atom. The highest BCUT2D eigenvalue weighted by molar-refractivity contribution is 6.30. The van der Waals surface area contributed by atoms with E-state index in [1.165, 1.54) is 23.1 Å². The number of hydrogen-bond acceptors (Lipinski definition) is 4. The molecule has 0 aromatic heterocycles. The molecule has 1 atom stereocenters. The summed E-state index contributed by atoms with van der Waals surface area (Å²) in [6, 6.07) is 12.8. The standard InChI is InChI=1S/C18H16ClFN2O4/c19-14-10-12(6-7-15(14)20)11-21-17(24)26-18(25)8-9-22(16(18)23)13-4-2-1-3-5-13/h1-7,10,25H,8-9,11H2,(H,21,24)/t18-/m0/s1. The van der Waals surface area contributed by atoms with E-state index >= 15 is 0 Å². The number of benzene rings is 2. The summed E-state index contributed by atoms with van der Waals surface area (Å²) in [6.07, 6.45) is -1.01. The monoisotopic (exact) mass is 378 g/mol. The van der Waals surface area contributed by atoms with E-state index in [-0.39, 0.29) is 24.5 Å². The molecule has 0 saturated carbocycles. The molecule has 26 heavy (non-hydrogen) atoms. The van der Waals surface area contributed by atoms with Crippen molar-refractivity contribution in [2.75, 3.05) is 11.4 Å². The van der Waals surface area contributed by atoms with Crippen molar-refractivity contribution in [2.24, 2.45) is 0 Å². The molecule has 0 spiro atoms. The van der Waals surface area contributed by atoms with Gasteiger partial charge in [0.05, 0.1) is 5.02 Å². The van der Waals surface area contributed by atoms with Gasteiger partial charge in [0, 0.05) is 25.2 Å². The van der Waals surface area contributed by atoms with E-state index in [0.29, 0.717) is 11.3 Å². The Morgan fingerprint density at radius 2 is 2.04 bits per heavy atom. The van der Waals surface area contributed by atoms with Gasteiger partial charge in [-0.05, 0) is 29.8 Å². The molecule has 1 fully saturated rings. The number of carbonyl (C=O) groups excluding carboxylic acids is 2. The number of aliphatic hydroxyl groups is 1. The second-order valence-corrected chi connectivity index (χ2v) is 6.23. The average Bonchev–Trinajstić information content (AvgIpc) is 2.92. The van der Waals surface area contributed by atoms with Gasteiger partial charge in [-0.1, -0.05) is 35.9 Å². The molecule has 6 nitrogen and oxygen atoms in total. The van der Waals surface area contributed by atoms with Gasteiger partial charge in [-0.2, -0.15) is 0 Å². The van der Waals surface area contributed by atoms with Crippen LogP contribution in [0.4, 0.5) is 14.9 Å². The van der Waals surface area contributed by atoms with Gasteiger partial charge in [0.25, 0.3) is 11.7 Å². The summed E-state index contributed by atoms with van der Waals surface area (Å²) in [5, 5.41) is 12.7. The van der Waals surface area contributed by atoms with Crippen LogP contribution in [0.3, 0.4) is 0 Å². The maximum Gasteiger partial charge on any atom is 0.410 e. The van der Waals surface area contributed by atoms with E-state index < -0.39 is 23.6 Å². The summed E-state index contributed by atoms with van der Waals surface area (Å²) >= 11 is 5.67. The second-order valence-electron chi connectivity index (χ2n) is 5.82. The molecule has 2 aromatic carbocycles. The van der Waals surface area contributed by atoms with Gasteiger partial charge < -0.3 is 20.1 Å². The van der Waals surface area contributed by atoms with Gasteiger partial charge in [0.1, 0.15) is 5.82 Å². The van der Waals surface area contributed by atoms with E-state index in [1.807, 2.05) is 6.07 Å². The van der Waals surface area contributed by atoms with Crippen molar-refractivity contribution in [1.82, 2.24) is 5.32 Å². The smallest absolute Gasteiger partial charge is 0.407 e. The molecule has 0 radical (unpaired) electrons. The average molecular weight is 379 g/mol. The Hall–Kier alpha value is -2.64. The van der Waals surface area contributed by atoms with Crippen molar-refractivity contribution >= 4 is 29.3 Å². The zero-order valence-corrected chi connectivity index (χ0v) is 14.4. The second kappa shape index (κ2) is 7.31. The molecule has 1 saturated heterocycles. The molecule has 136 valence electrons. The van der Waals surface area contributed by atoms with Crippen LogP contribution in [0.2, 0.25) is 5.02 Å². The Balaban J connectivity index is 1.60. The van der Waals surface area contributed by atoms with Crippen LogP contribution in [0, 0.1) is 5.82 Å². The van der Waals surface area contributed by atoms with Crippen molar-refractivity contribution in [3.63, 3.8) is 0 Å². The first-order valence-corrected chi connectivity index (χ1v) is 8.27. The number of halogens is 2. The van der Waals surface area contributed by atoms with Gasteiger partial charge in [-0.3, -0.25) is 4.79 Å². The lowest BCUT2D eigenvalue weighted by Crippen LogP contribution is -2.46. The number of hydrogen-bond donors (Lipinski definition) is 2. The zero-order chi connectivity index (χ0) is 18.7. The van der Waals surface area contributed by atoms with Crippen LogP contribution in [0.5, 0.6) is 0 Å². The molecule has 0 unspecified atom stereocenters. The van der Waals surface area contributed by atoms with Gasteiger partial charge in [-0.25, -0.2) is 9.18 Å². The number of rotatable bonds is 4. The van der Waals surface area contributed by atoms with E-state index in [0.717, 1.165) is 0 Å². The van der Waals surface area contributed by atoms with Crippen molar-refractivity contribution in [3.05, 3.63) is 64.9 Å². The molecule has 1 heterocycles. The number of nitrogens with zero attached hydrogens (tertiary/aromatic N) is 1. The van der Waals surface area contributed by atoms with Crippen LogP contribution in [0.15, 0.2) is 48.5 Å². The summed E-state index contributed by atoms with van der Waals surface area (Å²) in [7, 11) is 0. The fourth-order valence-electron chi connectivity index (χ4n) is 2.64. The highest BCUT2D eigenvalue weighted by Gasteiger charge is 2.49. The molecular formula is C18H16ClFN2O4. The Bertz CT molecular complexity index is 833. The third kappa shape index (κ3) is 3.79. The number of amides is 2. The van der Waals surface area contributed by atoms with Gasteiger partial charge >= 0.3 is 6.09 Å². The quantitative estimate of drug-likeness (QED) is 0.802. The van der Waals surface area contributed by atoms with Crippen LogP contribution in [0.1, 0.15) is 12.0 Å². The van der Waals surface area contributed by atoms with Gasteiger partial charge in [-0.15, -0.1) is 0 Å². The minimum absolute atomic E-state index is 0.00546. The maximum atomic E-state index is 13.1. The minimum Gasteiger partial charge on any atom is -0.407 e. The summed E-state index contributed by atoms with van der Waals surface area (Å²) in [4.78, 5) is 25.7. The van der Waals surface area contributed by atoms with Crippen molar-refractivity contribution < 1.29 is 23.8 Å². The molecule has 2 amide bonds. The topological polar surface area (TPSA) is 78.9 Å². The molecule has 2 aromatic rings. The van der Waals surface area contributed by atoms with Crippen molar-refractivity contribution in [2.45, 2.75) is 18.8 Å². The minimum atomic E-state index is -2.22. The van der Waals surface area contributed by atoms with Crippen LogP contribution in [-0.2, 0) is 16.1 Å². The van der Waals surface area contributed by atoms with Crippen molar-refractivity contribution in [3.8, 4) is 0 Å². The summed E-state index contributed by atoms with van der Waals surface area (Å²) in [6.45, 7) is 0.228. The third-order valence-corrected chi connectivity index (χ3v) is 4.29. The first-order valence-electron chi connectivity index (χ1n) is 7.89. The Morgan fingerprint density at radius 3 is 2.73 bits per heavy atom. The van der Waals surface area contributed by atoms with Crippen LogP contribution >= 0.6 is 11.6 Å². The predicted molar refractivity (Wildman–Crippen MR) is 93.1 cm³/mol. The molecule has 3 rings (SSSR count). The lowest BCUT2D eigenvalue weighted by molar-refractivity contribution is -0.175. The maximum absolute atomic E-state index is 13.1. The fourth-order valence-corrected chi connectivity index (χ4v) is 2.85. The third-order valence-electron chi connectivity index (χ3n) is 4.00. The molecule has 1 aliphatic heterocycles. The number of ether oxygens (including phenoxy) is 1. The molecule has 2 N–H and O–H groups in total. The van der Waals surface area contributed by atoms with E-state index in [2.05, 4.69) is 5.32 Å². The molecule has 0 bridgehead atoms. The predicted octanol–water partition coefficient (Wildman–Crippen LogP) is 2.83. The Kier molecular flexibility index (Phi) is 5.11. The lowest BCUT2D eigenvalue weighted by Gasteiger charge is -2.22. The number of alkyl carbamates (subject to hydrolysis) is 1. The first-order chi connectivity index (χ1) is 12.4. The van der Waals surface area contributed by atoms with E-state index in [9.17, 15) is 19.1 Å². The highest BCUT2D eigenvalue weighted by Crippen LogP contribution is 2.29. The zero-order valence-electron chi connectivity index (χ0n) is 13.6. The van der Waals surface area contributed by atoms with Crippen molar-refractivity contribution in [1.29, 1.82) is 0 Å². The van der Waals surface area contributed by atoms with E-state index in [1.54, 1.807) is 24.3 Å². The fraction of sp³-hybridized carbons (Fsp3) is 0.222. The molecule has 8 heteroatoms. The van der Waals surface area contributed by atoms with E-state index in [4.69, 9.17) is 16.3 Å². The van der Waals surface area contributed by atoms with Crippen LogP contribution in [0.25, 0.3) is 0 Å². The van der Waals surface area contributed by atoms with Gasteiger partial charge in [0.15, 0.2) is 0 Å². The number of anilines is 1. The van der Waals surface area contributed by atoms with Crippen LogP contribution < -0.4 is 10.2 Å². The lowest BCUT2D eigenvalue weighted by atomic mass is 10.2. The summed E-state index contributed by atoms with van der Waals surface area (Å²) < 4.78 is 18.1. The SMILES string of the molecule is O=C(NCc1ccc(F)c(Cl)c1)O[C@@]1(O)CCN(c2ccccc2)C1=O. The molecule has 1 aliphatic rings. The highest BCUT2D eigenvalue weighted by atomic mass is 35.5. The van der Waals surface area contributed by atoms with Crippen LogP contribution in [-0.4, -0.2) is 29.4 Å². The number of nitrogens with one attached hydrogen (secondary N) is 1. The normalized spacial score (nSPS) is 19.5. The number of para-hydroxylation sites is 1. The first kappa shape index (κ1) is 18.2. The largest absolute Gasteiger partial charge is 0.410 e. The summed E-state index contributed by atoms with van der Waals surface area (Å²) in [5.74, 6) is -3.49. The summed E-state index contributed by atoms with van der Waals surface area (Å²) in [5.41, 5.74) is 1.15. The molecular weight excluding hydrogens is 363 g/mol. The van der Waals surface area contributed by atoms with Gasteiger partial charge in [0.2, 0.25) is 0 Å². The molecule has 0 aliphatic carbocycles. The number of carbonyl (C=O) groups is 2. The Labute approximate surface area is 154 Å².